The Kier molecular flexibility index (Phi) is 3.99. The molecule has 0 bridgehead atoms. The number of aldehydes is 1. The summed E-state index contributed by atoms with van der Waals surface area (Å²) in [5, 5.41) is 4.36. The van der Waals surface area contributed by atoms with Crippen LogP contribution >= 0.6 is 12.4 Å². The average Bonchev–Trinajstić information content (AvgIpc) is 2.78. The second kappa shape index (κ2) is 5.50. The van der Waals surface area contributed by atoms with Crippen molar-refractivity contribution in [2.24, 2.45) is 0 Å². The first-order chi connectivity index (χ1) is 8.40. The van der Waals surface area contributed by atoms with Gasteiger partial charge in [-0.2, -0.15) is 0 Å². The van der Waals surface area contributed by atoms with Crippen molar-refractivity contribution in [2.45, 2.75) is 18.9 Å². The molecule has 0 unspecified atom stereocenters. The molecule has 1 fully saturated rings. The van der Waals surface area contributed by atoms with Crippen LogP contribution in [0, 0.1) is 0 Å². The lowest BCUT2D eigenvalue weighted by atomic mass is 10.1. The molecule has 1 aliphatic heterocycles. The second-order valence-electron chi connectivity index (χ2n) is 4.48. The molecule has 0 radical (unpaired) electrons. The molecule has 0 atom stereocenters. The SMILES string of the molecule is Cl.O=Cc1cn(C2CCNCC2)c2cnccc12. The molecule has 0 aromatic carbocycles. The van der Waals surface area contributed by atoms with Crippen LogP contribution in [0.2, 0.25) is 0 Å². The molecule has 0 amide bonds. The summed E-state index contributed by atoms with van der Waals surface area (Å²) < 4.78 is 2.22. The summed E-state index contributed by atoms with van der Waals surface area (Å²) in [6, 6.07) is 2.40. The van der Waals surface area contributed by atoms with E-state index in [1.165, 1.54) is 0 Å². The highest BCUT2D eigenvalue weighted by atomic mass is 35.5. The topological polar surface area (TPSA) is 46.9 Å². The number of piperidine rings is 1. The number of pyridine rings is 1. The zero-order chi connectivity index (χ0) is 11.7. The van der Waals surface area contributed by atoms with Crippen LogP contribution in [0.15, 0.2) is 24.7 Å². The molecule has 4 nitrogen and oxygen atoms in total. The quantitative estimate of drug-likeness (QED) is 0.847. The van der Waals surface area contributed by atoms with Crippen LogP contribution in [0.4, 0.5) is 0 Å². The Hall–Kier alpha value is -1.39. The number of aromatic nitrogens is 2. The molecule has 3 rings (SSSR count). The first-order valence-corrected chi connectivity index (χ1v) is 6.00. The number of hydrogen-bond acceptors (Lipinski definition) is 3. The van der Waals surface area contributed by atoms with Crippen LogP contribution in [0.1, 0.15) is 29.2 Å². The maximum atomic E-state index is 11.1. The summed E-state index contributed by atoms with van der Waals surface area (Å²) >= 11 is 0. The number of fused-ring (bicyclic) bond motifs is 1. The highest BCUT2D eigenvalue weighted by Gasteiger charge is 2.18. The van der Waals surface area contributed by atoms with Gasteiger partial charge in [-0.15, -0.1) is 12.4 Å². The maximum absolute atomic E-state index is 11.1. The fourth-order valence-electron chi connectivity index (χ4n) is 2.61. The summed E-state index contributed by atoms with van der Waals surface area (Å²) in [7, 11) is 0. The van der Waals surface area contributed by atoms with Crippen molar-refractivity contribution in [1.82, 2.24) is 14.9 Å². The van der Waals surface area contributed by atoms with Crippen molar-refractivity contribution >= 4 is 29.6 Å². The molecular weight excluding hydrogens is 250 g/mol. The predicted molar refractivity (Wildman–Crippen MR) is 73.5 cm³/mol. The highest BCUT2D eigenvalue weighted by molar-refractivity contribution is 5.97. The Balaban J connectivity index is 0.00000120. The predicted octanol–water partition coefficient (Wildman–Crippen LogP) is 2.20. The highest BCUT2D eigenvalue weighted by Crippen LogP contribution is 2.27. The Morgan fingerprint density at radius 1 is 1.39 bits per heavy atom. The molecule has 5 heteroatoms. The maximum Gasteiger partial charge on any atom is 0.152 e. The number of carbonyl (C=O) groups excluding carboxylic acids is 1. The monoisotopic (exact) mass is 265 g/mol. The molecule has 0 saturated carbocycles. The fourth-order valence-corrected chi connectivity index (χ4v) is 2.61. The number of halogens is 1. The van der Waals surface area contributed by atoms with E-state index in [0.29, 0.717) is 6.04 Å². The summed E-state index contributed by atoms with van der Waals surface area (Å²) in [5.74, 6) is 0. The van der Waals surface area contributed by atoms with Crippen molar-refractivity contribution in [1.29, 1.82) is 0 Å². The van der Waals surface area contributed by atoms with Crippen LogP contribution in [0.5, 0.6) is 0 Å². The number of nitrogens with one attached hydrogen (secondary N) is 1. The van der Waals surface area contributed by atoms with Gasteiger partial charge < -0.3 is 9.88 Å². The molecule has 0 spiro atoms. The Morgan fingerprint density at radius 3 is 2.89 bits per heavy atom. The largest absolute Gasteiger partial charge is 0.342 e. The van der Waals surface area contributed by atoms with Crippen molar-refractivity contribution in [3.05, 3.63) is 30.2 Å². The Morgan fingerprint density at radius 2 is 2.17 bits per heavy atom. The van der Waals surface area contributed by atoms with E-state index >= 15 is 0 Å². The van der Waals surface area contributed by atoms with Gasteiger partial charge in [0.25, 0.3) is 0 Å². The third kappa shape index (κ3) is 2.13. The van der Waals surface area contributed by atoms with Crippen LogP contribution in [0.3, 0.4) is 0 Å². The molecule has 2 aromatic heterocycles. The van der Waals surface area contributed by atoms with Crippen LogP contribution < -0.4 is 5.32 Å². The summed E-state index contributed by atoms with van der Waals surface area (Å²) in [5.41, 5.74) is 1.84. The molecule has 2 aromatic rings. The minimum atomic E-state index is 0. The molecule has 1 N–H and O–H groups in total. The van der Waals surface area contributed by atoms with Crippen molar-refractivity contribution < 1.29 is 4.79 Å². The zero-order valence-corrected chi connectivity index (χ0v) is 10.8. The number of rotatable bonds is 2. The van der Waals surface area contributed by atoms with E-state index in [1.54, 1.807) is 6.20 Å². The second-order valence-corrected chi connectivity index (χ2v) is 4.48. The third-order valence-corrected chi connectivity index (χ3v) is 3.50. The van der Waals surface area contributed by atoms with Crippen LogP contribution in [-0.4, -0.2) is 28.9 Å². The third-order valence-electron chi connectivity index (χ3n) is 3.50. The summed E-state index contributed by atoms with van der Waals surface area (Å²) in [4.78, 5) is 15.2. The average molecular weight is 266 g/mol. The van der Waals surface area contributed by atoms with Crippen LogP contribution in [-0.2, 0) is 0 Å². The van der Waals surface area contributed by atoms with Gasteiger partial charge in [0.15, 0.2) is 6.29 Å². The smallest absolute Gasteiger partial charge is 0.152 e. The van der Waals surface area contributed by atoms with Crippen LogP contribution in [0.25, 0.3) is 10.9 Å². The van der Waals surface area contributed by atoms with Gasteiger partial charge in [-0.3, -0.25) is 9.78 Å². The Bertz CT molecular complexity index is 546. The van der Waals surface area contributed by atoms with Gasteiger partial charge in [0.2, 0.25) is 0 Å². The fraction of sp³-hybridized carbons (Fsp3) is 0.385. The number of nitrogens with zero attached hydrogens (tertiary/aromatic N) is 2. The zero-order valence-electron chi connectivity index (χ0n) is 10.0. The van der Waals surface area contributed by atoms with E-state index in [-0.39, 0.29) is 12.4 Å². The van der Waals surface area contributed by atoms with E-state index in [2.05, 4.69) is 14.9 Å². The standard InChI is InChI=1S/C13H15N3O.ClH/c17-9-10-8-16(11-1-4-14-5-2-11)13-7-15-6-3-12(10)13;/h3,6-9,11,14H,1-2,4-5H2;1H. The van der Waals surface area contributed by atoms with E-state index in [4.69, 9.17) is 0 Å². The molecule has 3 heterocycles. The van der Waals surface area contributed by atoms with Gasteiger partial charge in [-0.05, 0) is 32.0 Å². The lowest BCUT2D eigenvalue weighted by Crippen LogP contribution is -2.29. The van der Waals surface area contributed by atoms with E-state index < -0.39 is 0 Å². The molecular formula is C13H16ClN3O. The van der Waals surface area contributed by atoms with E-state index in [0.717, 1.165) is 48.7 Å². The van der Waals surface area contributed by atoms with Gasteiger partial charge in [-0.25, -0.2) is 0 Å². The van der Waals surface area contributed by atoms with E-state index in [9.17, 15) is 4.79 Å². The summed E-state index contributed by atoms with van der Waals surface area (Å²) in [6.07, 6.45) is 8.70. The van der Waals surface area contributed by atoms with Gasteiger partial charge >= 0.3 is 0 Å². The van der Waals surface area contributed by atoms with Gasteiger partial charge in [0.1, 0.15) is 0 Å². The molecule has 1 saturated heterocycles. The lowest BCUT2D eigenvalue weighted by Gasteiger charge is -2.24. The van der Waals surface area contributed by atoms with Crippen molar-refractivity contribution in [3.63, 3.8) is 0 Å². The first-order valence-electron chi connectivity index (χ1n) is 6.00. The summed E-state index contributed by atoms with van der Waals surface area (Å²) in [6.45, 7) is 2.09. The van der Waals surface area contributed by atoms with E-state index in [1.807, 2.05) is 18.5 Å². The Labute approximate surface area is 112 Å². The van der Waals surface area contributed by atoms with Gasteiger partial charge in [0.05, 0.1) is 11.7 Å². The number of carbonyl (C=O) groups is 1. The minimum absolute atomic E-state index is 0. The van der Waals surface area contributed by atoms with Crippen molar-refractivity contribution in [2.75, 3.05) is 13.1 Å². The molecule has 96 valence electrons. The minimum Gasteiger partial charge on any atom is -0.342 e. The number of hydrogen-bond donors (Lipinski definition) is 1. The normalized spacial score (nSPS) is 16.4. The van der Waals surface area contributed by atoms with Crippen molar-refractivity contribution in [3.8, 4) is 0 Å². The molecule has 1 aliphatic rings. The van der Waals surface area contributed by atoms with Gasteiger partial charge in [-0.1, -0.05) is 0 Å². The molecule has 0 aliphatic carbocycles. The molecule has 18 heavy (non-hydrogen) atoms. The first kappa shape index (κ1) is 13.1. The lowest BCUT2D eigenvalue weighted by molar-refractivity contribution is 0.112. The van der Waals surface area contributed by atoms with Gasteiger partial charge in [0, 0.05) is 29.4 Å².